The van der Waals surface area contributed by atoms with Crippen molar-refractivity contribution < 1.29 is 14.4 Å². The number of benzene rings is 2. The normalized spacial score (nSPS) is 17.9. The molecule has 0 atom stereocenters. The van der Waals surface area contributed by atoms with E-state index in [1.165, 1.54) is 6.08 Å². The molecule has 27 heavy (non-hydrogen) atoms. The maximum atomic E-state index is 12.6. The van der Waals surface area contributed by atoms with Gasteiger partial charge in [0.15, 0.2) is 0 Å². The summed E-state index contributed by atoms with van der Waals surface area (Å²) >= 11 is 0. The Labute approximate surface area is 154 Å². The van der Waals surface area contributed by atoms with Crippen LogP contribution < -0.4 is 11.5 Å². The van der Waals surface area contributed by atoms with Crippen LogP contribution in [-0.2, 0) is 4.79 Å². The third-order valence-corrected chi connectivity index (χ3v) is 4.29. The largest absolute Gasteiger partial charge is 0.399 e. The number of hydrogen-bond acceptors (Lipinski definition) is 6. The number of allylic oxidation sites excluding steroid dienone is 2. The highest BCUT2D eigenvalue weighted by Crippen LogP contribution is 2.28. The zero-order valence-electron chi connectivity index (χ0n) is 14.0. The van der Waals surface area contributed by atoms with Crippen LogP contribution in [0.2, 0.25) is 0 Å². The highest BCUT2D eigenvalue weighted by Gasteiger charge is 2.40. The Morgan fingerprint density at radius 1 is 0.778 bits per heavy atom. The van der Waals surface area contributed by atoms with E-state index in [4.69, 9.17) is 11.5 Å². The van der Waals surface area contributed by atoms with Crippen LogP contribution in [0, 0.1) is 0 Å². The summed E-state index contributed by atoms with van der Waals surface area (Å²) in [4.78, 5) is 43.0. The first-order valence-electron chi connectivity index (χ1n) is 8.11. The van der Waals surface area contributed by atoms with Gasteiger partial charge in [-0.3, -0.25) is 14.4 Å². The maximum Gasteiger partial charge on any atom is 0.266 e. The SMILES string of the molecule is NC1=CC(=O)C(N2C(=O)c3ccccc3C2=O)=CC1=Nc1ccc(N)cc1. The van der Waals surface area contributed by atoms with E-state index < -0.39 is 17.6 Å². The van der Waals surface area contributed by atoms with Crippen molar-refractivity contribution in [1.82, 2.24) is 4.90 Å². The van der Waals surface area contributed by atoms with Gasteiger partial charge >= 0.3 is 0 Å². The molecule has 0 radical (unpaired) electrons. The first-order chi connectivity index (χ1) is 13.0. The van der Waals surface area contributed by atoms with Crippen LogP contribution >= 0.6 is 0 Å². The summed E-state index contributed by atoms with van der Waals surface area (Å²) in [6.07, 6.45) is 2.52. The zero-order valence-corrected chi connectivity index (χ0v) is 14.0. The molecular weight excluding hydrogens is 344 g/mol. The van der Waals surface area contributed by atoms with E-state index >= 15 is 0 Å². The standard InChI is InChI=1S/C20H14N4O3/c21-11-5-7-12(8-6-11)23-16-10-17(18(25)9-15(16)22)24-19(26)13-3-1-2-4-14(13)20(24)27/h1-10H,21-22H2. The fourth-order valence-corrected chi connectivity index (χ4v) is 2.94. The van der Waals surface area contributed by atoms with Crippen LogP contribution in [0.1, 0.15) is 20.7 Å². The molecule has 2 aromatic rings. The Morgan fingerprint density at radius 3 is 1.96 bits per heavy atom. The molecule has 4 N–H and O–H groups in total. The lowest BCUT2D eigenvalue weighted by Crippen LogP contribution is -2.35. The first kappa shape index (κ1) is 16.5. The number of rotatable bonds is 2. The zero-order chi connectivity index (χ0) is 19.1. The molecule has 0 fully saturated rings. The molecule has 1 aliphatic heterocycles. The number of imide groups is 1. The summed E-state index contributed by atoms with van der Waals surface area (Å²) in [6, 6.07) is 13.2. The minimum atomic E-state index is -0.545. The van der Waals surface area contributed by atoms with Crippen molar-refractivity contribution in [3.05, 3.63) is 83.2 Å². The Kier molecular flexibility index (Phi) is 3.70. The number of aliphatic imine (C=N–C) groups is 1. The Hall–Kier alpha value is -4.00. The summed E-state index contributed by atoms with van der Waals surface area (Å²) < 4.78 is 0. The molecule has 4 rings (SSSR count). The highest BCUT2D eigenvalue weighted by atomic mass is 16.2. The first-order valence-corrected chi connectivity index (χ1v) is 8.11. The minimum absolute atomic E-state index is 0.0791. The molecule has 132 valence electrons. The number of amides is 2. The second kappa shape index (κ2) is 6.06. The molecule has 0 spiro atoms. The summed E-state index contributed by atoms with van der Waals surface area (Å²) in [7, 11) is 0. The summed E-state index contributed by atoms with van der Waals surface area (Å²) in [5, 5.41) is 0. The number of ketones is 1. The second-order valence-electron chi connectivity index (χ2n) is 6.07. The summed E-state index contributed by atoms with van der Waals surface area (Å²) in [6.45, 7) is 0. The van der Waals surface area contributed by atoms with Gasteiger partial charge in [-0.15, -0.1) is 0 Å². The lowest BCUT2D eigenvalue weighted by molar-refractivity contribution is -0.112. The van der Waals surface area contributed by atoms with E-state index in [2.05, 4.69) is 4.99 Å². The molecular formula is C20H14N4O3. The quantitative estimate of drug-likeness (QED) is 0.483. The van der Waals surface area contributed by atoms with Crippen LogP contribution in [0.3, 0.4) is 0 Å². The molecule has 0 aromatic heterocycles. The molecule has 0 saturated carbocycles. The maximum absolute atomic E-state index is 12.6. The predicted molar refractivity (Wildman–Crippen MR) is 100 cm³/mol. The van der Waals surface area contributed by atoms with Gasteiger partial charge in [0.2, 0.25) is 5.78 Å². The molecule has 0 unspecified atom stereocenters. The number of hydrogen-bond donors (Lipinski definition) is 2. The predicted octanol–water partition coefficient (Wildman–Crippen LogP) is 1.95. The molecule has 7 heteroatoms. The fourth-order valence-electron chi connectivity index (χ4n) is 2.94. The van der Waals surface area contributed by atoms with Crippen molar-refractivity contribution in [2.75, 3.05) is 5.73 Å². The Morgan fingerprint density at radius 2 is 1.37 bits per heavy atom. The van der Waals surface area contributed by atoms with Crippen LogP contribution in [0.5, 0.6) is 0 Å². The molecule has 1 aliphatic carbocycles. The summed E-state index contributed by atoms with van der Waals surface area (Å²) in [5.74, 6) is -1.62. The number of fused-ring (bicyclic) bond motifs is 1. The van der Waals surface area contributed by atoms with E-state index in [-0.39, 0.29) is 28.2 Å². The number of carbonyl (C=O) groups excluding carboxylic acids is 3. The van der Waals surface area contributed by atoms with Gasteiger partial charge in [-0.05, 0) is 42.5 Å². The van der Waals surface area contributed by atoms with E-state index in [0.717, 1.165) is 11.0 Å². The van der Waals surface area contributed by atoms with E-state index in [1.54, 1.807) is 48.5 Å². The Bertz CT molecular complexity index is 1060. The van der Waals surface area contributed by atoms with Gasteiger partial charge in [0.25, 0.3) is 11.8 Å². The van der Waals surface area contributed by atoms with E-state index in [9.17, 15) is 14.4 Å². The molecule has 0 bridgehead atoms. The van der Waals surface area contributed by atoms with Crippen molar-refractivity contribution in [2.24, 2.45) is 10.7 Å². The molecule has 2 amide bonds. The molecule has 7 nitrogen and oxygen atoms in total. The highest BCUT2D eigenvalue weighted by molar-refractivity contribution is 6.29. The van der Waals surface area contributed by atoms with Crippen molar-refractivity contribution in [2.45, 2.75) is 0 Å². The van der Waals surface area contributed by atoms with E-state index in [1.807, 2.05) is 0 Å². The van der Waals surface area contributed by atoms with Crippen molar-refractivity contribution in [3.63, 3.8) is 0 Å². The van der Waals surface area contributed by atoms with Crippen molar-refractivity contribution >= 4 is 34.7 Å². The van der Waals surface area contributed by atoms with Gasteiger partial charge in [-0.2, -0.15) is 0 Å². The molecule has 0 saturated heterocycles. The fraction of sp³-hybridized carbons (Fsp3) is 0. The average molecular weight is 358 g/mol. The van der Waals surface area contributed by atoms with Crippen LogP contribution in [-0.4, -0.2) is 28.2 Å². The third kappa shape index (κ3) is 2.71. The Balaban J connectivity index is 1.77. The number of nitrogens with zero attached hydrogens (tertiary/aromatic N) is 2. The van der Waals surface area contributed by atoms with Crippen molar-refractivity contribution in [1.29, 1.82) is 0 Å². The van der Waals surface area contributed by atoms with Gasteiger partial charge in [0.1, 0.15) is 5.70 Å². The van der Waals surface area contributed by atoms with Crippen LogP contribution in [0.4, 0.5) is 11.4 Å². The van der Waals surface area contributed by atoms with Crippen LogP contribution in [0.25, 0.3) is 0 Å². The van der Waals surface area contributed by atoms with E-state index in [0.29, 0.717) is 11.4 Å². The van der Waals surface area contributed by atoms with Crippen molar-refractivity contribution in [3.8, 4) is 0 Å². The second-order valence-corrected chi connectivity index (χ2v) is 6.07. The topological polar surface area (TPSA) is 119 Å². The van der Waals surface area contributed by atoms with Gasteiger partial charge in [0, 0.05) is 11.8 Å². The van der Waals surface area contributed by atoms with Gasteiger partial charge in [0.05, 0.1) is 28.2 Å². The number of nitrogens with two attached hydrogens (primary N) is 2. The smallest absolute Gasteiger partial charge is 0.266 e. The minimum Gasteiger partial charge on any atom is -0.399 e. The lowest BCUT2D eigenvalue weighted by atomic mass is 10.0. The summed E-state index contributed by atoms with van der Waals surface area (Å²) in [5.41, 5.74) is 13.6. The van der Waals surface area contributed by atoms with Crippen LogP contribution in [0.15, 0.2) is 77.1 Å². The lowest BCUT2D eigenvalue weighted by Gasteiger charge is -2.19. The average Bonchev–Trinajstić information content (AvgIpc) is 2.91. The number of nitrogen functional groups attached to an aromatic ring is 1. The monoisotopic (exact) mass is 358 g/mol. The van der Waals surface area contributed by atoms with Gasteiger partial charge < -0.3 is 11.5 Å². The number of carbonyl (C=O) groups is 3. The van der Waals surface area contributed by atoms with Gasteiger partial charge in [-0.1, -0.05) is 12.1 Å². The molecule has 1 heterocycles. The third-order valence-electron chi connectivity index (χ3n) is 4.29. The molecule has 2 aliphatic rings. The van der Waals surface area contributed by atoms with Gasteiger partial charge in [-0.25, -0.2) is 9.89 Å². The number of anilines is 1. The molecule has 2 aromatic carbocycles.